The van der Waals surface area contributed by atoms with Crippen molar-refractivity contribution in [3.8, 4) is 0 Å². The summed E-state index contributed by atoms with van der Waals surface area (Å²) in [7, 11) is -3.10. The van der Waals surface area contributed by atoms with E-state index in [2.05, 4.69) is 11.9 Å². The van der Waals surface area contributed by atoms with Crippen molar-refractivity contribution >= 4 is 15.9 Å². The number of rotatable bonds is 3. The number of hydrogen-bond donors (Lipinski definition) is 1. The fourth-order valence-corrected chi connectivity index (χ4v) is 2.01. The second-order valence-corrected chi connectivity index (χ2v) is 5.51. The van der Waals surface area contributed by atoms with Gasteiger partial charge in [-0.2, -0.15) is 4.31 Å². The lowest BCUT2D eigenvalue weighted by molar-refractivity contribution is -0.118. The lowest BCUT2D eigenvalue weighted by atomic mass is 10.1. The summed E-state index contributed by atoms with van der Waals surface area (Å²) in [4.78, 5) is 11.1. The van der Waals surface area contributed by atoms with E-state index in [4.69, 9.17) is 0 Å². The number of nitrogens with one attached hydrogen (secondary N) is 1. The zero-order valence-electron chi connectivity index (χ0n) is 8.28. The third-order valence-corrected chi connectivity index (χ3v) is 3.28. The highest BCUT2D eigenvalue weighted by atomic mass is 32.2. The summed E-state index contributed by atoms with van der Waals surface area (Å²) in [6, 6.07) is -0.0751. The van der Waals surface area contributed by atoms with E-state index < -0.39 is 10.0 Å². The highest BCUT2D eigenvalue weighted by Gasteiger charge is 2.33. The zero-order chi connectivity index (χ0) is 10.9. The lowest BCUT2D eigenvalue weighted by Crippen LogP contribution is -2.60. The molecule has 0 aromatic carbocycles. The summed E-state index contributed by atoms with van der Waals surface area (Å²) in [6.07, 6.45) is 1.16. The molecule has 0 atom stereocenters. The zero-order valence-corrected chi connectivity index (χ0v) is 9.10. The molecule has 0 spiro atoms. The van der Waals surface area contributed by atoms with E-state index in [1.165, 1.54) is 4.31 Å². The largest absolute Gasteiger partial charge is 0.347 e. The quantitative estimate of drug-likeness (QED) is 0.638. The Morgan fingerprint density at radius 1 is 1.50 bits per heavy atom. The molecule has 6 heteroatoms. The summed E-state index contributed by atoms with van der Waals surface area (Å²) in [5.41, 5.74) is 0.433. The highest BCUT2D eigenvalue weighted by Crippen LogP contribution is 2.12. The Morgan fingerprint density at radius 2 is 2.00 bits per heavy atom. The minimum absolute atomic E-state index is 0.0751. The van der Waals surface area contributed by atoms with Crippen molar-refractivity contribution in [1.82, 2.24) is 9.62 Å². The molecule has 0 aromatic heterocycles. The Balaban J connectivity index is 2.36. The van der Waals surface area contributed by atoms with Crippen molar-refractivity contribution in [2.24, 2.45) is 0 Å². The Bertz CT molecular complexity index is 355. The Labute approximate surface area is 83.8 Å². The molecule has 0 bridgehead atoms. The van der Waals surface area contributed by atoms with Gasteiger partial charge in [0.05, 0.1) is 12.3 Å². The number of carbonyl (C=O) groups is 1. The van der Waals surface area contributed by atoms with Crippen LogP contribution in [0.3, 0.4) is 0 Å². The van der Waals surface area contributed by atoms with Gasteiger partial charge in [0.1, 0.15) is 0 Å². The Hall–Kier alpha value is -0.880. The molecule has 80 valence electrons. The van der Waals surface area contributed by atoms with Gasteiger partial charge in [0.2, 0.25) is 15.9 Å². The molecule has 1 aliphatic rings. The molecule has 14 heavy (non-hydrogen) atoms. The van der Waals surface area contributed by atoms with E-state index in [9.17, 15) is 13.2 Å². The summed E-state index contributed by atoms with van der Waals surface area (Å²) >= 11 is 0. The summed E-state index contributed by atoms with van der Waals surface area (Å²) in [5, 5.41) is 2.67. The van der Waals surface area contributed by atoms with E-state index in [0.29, 0.717) is 18.7 Å². The maximum absolute atomic E-state index is 11.1. The maximum Gasteiger partial charge on any atom is 0.246 e. The molecule has 0 aliphatic carbocycles. The van der Waals surface area contributed by atoms with Gasteiger partial charge < -0.3 is 5.32 Å². The average Bonchev–Trinajstić information content (AvgIpc) is 1.92. The molecule has 1 heterocycles. The van der Waals surface area contributed by atoms with Crippen LogP contribution in [0.25, 0.3) is 0 Å². The molecule has 5 nitrogen and oxygen atoms in total. The molecule has 1 saturated heterocycles. The second-order valence-electron chi connectivity index (χ2n) is 3.53. The van der Waals surface area contributed by atoms with Crippen LogP contribution >= 0.6 is 0 Å². The SMILES string of the molecule is C=C(C)C(=O)NC1CN(S(C)(=O)=O)C1. The van der Waals surface area contributed by atoms with Crippen LogP contribution < -0.4 is 5.32 Å². The minimum Gasteiger partial charge on any atom is -0.347 e. The highest BCUT2D eigenvalue weighted by molar-refractivity contribution is 7.88. The Kier molecular flexibility index (Phi) is 2.96. The minimum atomic E-state index is -3.10. The van der Waals surface area contributed by atoms with Gasteiger partial charge in [-0.1, -0.05) is 6.58 Å². The van der Waals surface area contributed by atoms with Gasteiger partial charge in [0.15, 0.2) is 0 Å². The molecular weight excluding hydrogens is 204 g/mol. The van der Waals surface area contributed by atoms with E-state index in [1.54, 1.807) is 6.92 Å². The van der Waals surface area contributed by atoms with Crippen LogP contribution in [0.15, 0.2) is 12.2 Å². The lowest BCUT2D eigenvalue weighted by Gasteiger charge is -2.37. The molecule has 1 rings (SSSR count). The molecule has 1 fully saturated rings. The summed E-state index contributed by atoms with van der Waals surface area (Å²) < 4.78 is 23.3. The van der Waals surface area contributed by atoms with Gasteiger partial charge in [-0.05, 0) is 6.92 Å². The third kappa shape index (κ3) is 2.55. The summed E-state index contributed by atoms with van der Waals surface area (Å²) in [5.74, 6) is -0.219. The number of sulfonamides is 1. The van der Waals surface area contributed by atoms with Crippen LogP contribution in [0.4, 0.5) is 0 Å². The maximum atomic E-state index is 11.1. The van der Waals surface area contributed by atoms with Crippen molar-refractivity contribution in [3.05, 3.63) is 12.2 Å². The average molecular weight is 218 g/mol. The number of nitrogens with zero attached hydrogens (tertiary/aromatic N) is 1. The van der Waals surface area contributed by atoms with Gasteiger partial charge in [0, 0.05) is 18.7 Å². The molecule has 0 aromatic rings. The second kappa shape index (κ2) is 3.70. The first-order valence-electron chi connectivity index (χ1n) is 4.22. The fourth-order valence-electron chi connectivity index (χ4n) is 1.11. The number of hydrogen-bond acceptors (Lipinski definition) is 3. The Morgan fingerprint density at radius 3 is 2.36 bits per heavy atom. The van der Waals surface area contributed by atoms with Crippen LogP contribution in [-0.4, -0.2) is 44.0 Å². The number of amides is 1. The first-order valence-corrected chi connectivity index (χ1v) is 6.07. The monoisotopic (exact) mass is 218 g/mol. The molecule has 1 aliphatic heterocycles. The van der Waals surface area contributed by atoms with Crippen molar-refractivity contribution in [2.75, 3.05) is 19.3 Å². The first kappa shape index (κ1) is 11.2. The van der Waals surface area contributed by atoms with Crippen LogP contribution in [-0.2, 0) is 14.8 Å². The molecular formula is C8H14N2O3S. The van der Waals surface area contributed by atoms with Crippen molar-refractivity contribution < 1.29 is 13.2 Å². The van der Waals surface area contributed by atoms with E-state index in [0.717, 1.165) is 6.26 Å². The molecule has 0 unspecified atom stereocenters. The smallest absolute Gasteiger partial charge is 0.246 e. The molecule has 0 saturated carbocycles. The van der Waals surface area contributed by atoms with Gasteiger partial charge in [-0.3, -0.25) is 4.79 Å². The van der Waals surface area contributed by atoms with Crippen molar-refractivity contribution in [1.29, 1.82) is 0 Å². The predicted octanol–water partition coefficient (Wildman–Crippen LogP) is -0.677. The van der Waals surface area contributed by atoms with Gasteiger partial charge in [0.25, 0.3) is 0 Å². The first-order chi connectivity index (χ1) is 6.30. The van der Waals surface area contributed by atoms with E-state index in [-0.39, 0.29) is 11.9 Å². The number of carbonyl (C=O) groups excluding carboxylic acids is 1. The van der Waals surface area contributed by atoms with Crippen LogP contribution in [0, 0.1) is 0 Å². The van der Waals surface area contributed by atoms with E-state index in [1.807, 2.05) is 0 Å². The van der Waals surface area contributed by atoms with Crippen LogP contribution in [0.1, 0.15) is 6.92 Å². The topological polar surface area (TPSA) is 66.5 Å². The van der Waals surface area contributed by atoms with Gasteiger partial charge >= 0.3 is 0 Å². The van der Waals surface area contributed by atoms with Gasteiger partial charge in [-0.25, -0.2) is 8.42 Å². The normalized spacial score (nSPS) is 18.7. The molecule has 0 radical (unpaired) electrons. The summed E-state index contributed by atoms with van der Waals surface area (Å²) in [6.45, 7) is 5.82. The predicted molar refractivity (Wildman–Crippen MR) is 53.2 cm³/mol. The molecule has 1 N–H and O–H groups in total. The van der Waals surface area contributed by atoms with Crippen LogP contribution in [0.5, 0.6) is 0 Å². The standard InChI is InChI=1S/C8H14N2O3S/c1-6(2)8(11)9-7-4-10(5-7)14(3,12)13/h7H,1,4-5H2,2-3H3,(H,9,11). The molecule has 1 amide bonds. The fraction of sp³-hybridized carbons (Fsp3) is 0.625. The van der Waals surface area contributed by atoms with Crippen LogP contribution in [0.2, 0.25) is 0 Å². The van der Waals surface area contributed by atoms with Gasteiger partial charge in [-0.15, -0.1) is 0 Å². The van der Waals surface area contributed by atoms with Crippen molar-refractivity contribution in [2.45, 2.75) is 13.0 Å². The van der Waals surface area contributed by atoms with E-state index >= 15 is 0 Å². The van der Waals surface area contributed by atoms with Crippen molar-refractivity contribution in [3.63, 3.8) is 0 Å². The third-order valence-electron chi connectivity index (χ3n) is 2.04.